The highest BCUT2D eigenvalue weighted by Crippen LogP contribution is 2.37. The minimum absolute atomic E-state index is 0.227. The Bertz CT molecular complexity index is 789. The van der Waals surface area contributed by atoms with Crippen LogP contribution in [0.15, 0.2) is 53.6 Å². The lowest BCUT2D eigenvalue weighted by Crippen LogP contribution is -2.43. The third kappa shape index (κ3) is 2.85. The van der Waals surface area contributed by atoms with Crippen LogP contribution in [-0.4, -0.2) is 21.7 Å². The van der Waals surface area contributed by atoms with Gasteiger partial charge in [0.05, 0.1) is 10.6 Å². The van der Waals surface area contributed by atoms with Crippen LogP contribution in [0.4, 0.5) is 0 Å². The maximum Gasteiger partial charge on any atom is 0.278 e. The number of hydrogen-bond donors (Lipinski definition) is 1. The molecule has 0 bridgehead atoms. The van der Waals surface area contributed by atoms with Gasteiger partial charge in [-0.15, -0.1) is 0 Å². The maximum absolute atomic E-state index is 12.8. The summed E-state index contributed by atoms with van der Waals surface area (Å²) in [5.74, 6) is -0.454. The highest BCUT2D eigenvalue weighted by atomic mass is 35.5. The van der Waals surface area contributed by atoms with Crippen molar-refractivity contribution < 1.29 is 9.90 Å². The molecule has 1 aliphatic heterocycles. The van der Waals surface area contributed by atoms with E-state index in [1.165, 1.54) is 0 Å². The number of amides is 1. The van der Waals surface area contributed by atoms with E-state index in [0.29, 0.717) is 26.9 Å². The highest BCUT2D eigenvalue weighted by molar-refractivity contribution is 6.33. The van der Waals surface area contributed by atoms with Gasteiger partial charge in [-0.2, -0.15) is 10.1 Å². The number of aliphatic hydroxyl groups is 1. The number of halogens is 2. The van der Waals surface area contributed by atoms with Crippen LogP contribution in [-0.2, 0) is 5.72 Å². The van der Waals surface area contributed by atoms with Gasteiger partial charge in [-0.25, -0.2) is 0 Å². The van der Waals surface area contributed by atoms with Crippen LogP contribution in [0.5, 0.6) is 0 Å². The Balaban J connectivity index is 2.03. The van der Waals surface area contributed by atoms with Gasteiger partial charge in [0.2, 0.25) is 0 Å². The fraction of sp³-hybridized carbons (Fsp3) is 0.176. The molecule has 1 N–H and O–H groups in total. The van der Waals surface area contributed by atoms with E-state index in [1.54, 1.807) is 55.5 Å². The predicted octanol–water partition coefficient (Wildman–Crippen LogP) is 4.06. The molecule has 4 nitrogen and oxygen atoms in total. The van der Waals surface area contributed by atoms with E-state index in [9.17, 15) is 9.90 Å². The van der Waals surface area contributed by atoms with Crippen LogP contribution in [0, 0.1) is 0 Å². The third-order valence-corrected chi connectivity index (χ3v) is 4.31. The average Bonchev–Trinajstić information content (AvgIpc) is 2.83. The Morgan fingerprint density at radius 1 is 1.17 bits per heavy atom. The van der Waals surface area contributed by atoms with Crippen molar-refractivity contribution in [2.24, 2.45) is 5.10 Å². The molecule has 23 heavy (non-hydrogen) atoms. The standard InChI is InChI=1S/C17H14Cl2N2O2/c1-11-10-17(23,12-6-8-13(18)9-7-12)21(20-11)16(22)14-4-2-3-5-15(14)19/h2-9,23H,10H2,1H3/t17-/m1/s1. The summed E-state index contributed by atoms with van der Waals surface area (Å²) >= 11 is 12.0. The van der Waals surface area contributed by atoms with Crippen LogP contribution in [0.3, 0.4) is 0 Å². The highest BCUT2D eigenvalue weighted by Gasteiger charge is 2.45. The second-order valence-corrected chi connectivity index (χ2v) is 6.28. The first-order chi connectivity index (χ1) is 10.9. The summed E-state index contributed by atoms with van der Waals surface area (Å²) in [6, 6.07) is 13.4. The molecule has 0 aliphatic carbocycles. The smallest absolute Gasteiger partial charge is 0.278 e. The summed E-state index contributed by atoms with van der Waals surface area (Å²) in [4.78, 5) is 12.8. The summed E-state index contributed by atoms with van der Waals surface area (Å²) in [5, 5.41) is 17.3. The van der Waals surface area contributed by atoms with Crippen molar-refractivity contribution in [3.05, 3.63) is 69.7 Å². The molecule has 0 radical (unpaired) electrons. The first kappa shape index (κ1) is 16.0. The Hall–Kier alpha value is -1.88. The topological polar surface area (TPSA) is 52.9 Å². The number of benzene rings is 2. The van der Waals surface area contributed by atoms with Gasteiger partial charge in [-0.05, 0) is 31.2 Å². The summed E-state index contributed by atoms with van der Waals surface area (Å²) in [6.45, 7) is 1.76. The molecule has 1 atom stereocenters. The Morgan fingerprint density at radius 2 is 1.83 bits per heavy atom. The molecular formula is C17H14Cl2N2O2. The second-order valence-electron chi connectivity index (χ2n) is 5.43. The normalized spacial score (nSPS) is 20.5. The Kier molecular flexibility index (Phi) is 4.15. The Morgan fingerprint density at radius 3 is 2.48 bits per heavy atom. The maximum atomic E-state index is 12.8. The molecule has 0 saturated carbocycles. The molecule has 6 heteroatoms. The molecular weight excluding hydrogens is 335 g/mol. The molecule has 0 aromatic heterocycles. The van der Waals surface area contributed by atoms with Gasteiger partial charge in [0.25, 0.3) is 5.91 Å². The van der Waals surface area contributed by atoms with Gasteiger partial charge in [-0.1, -0.05) is 47.5 Å². The molecule has 1 amide bonds. The van der Waals surface area contributed by atoms with Gasteiger partial charge in [-0.3, -0.25) is 4.79 Å². The number of hydrazone groups is 1. The fourth-order valence-electron chi connectivity index (χ4n) is 2.62. The molecule has 0 saturated heterocycles. The molecule has 0 unspecified atom stereocenters. The minimum atomic E-state index is -1.55. The van der Waals surface area contributed by atoms with Crippen molar-refractivity contribution in [2.45, 2.75) is 19.1 Å². The molecule has 3 rings (SSSR count). The summed E-state index contributed by atoms with van der Waals surface area (Å²) in [7, 11) is 0. The minimum Gasteiger partial charge on any atom is -0.365 e. The fourth-order valence-corrected chi connectivity index (χ4v) is 2.97. The van der Waals surface area contributed by atoms with Crippen LogP contribution < -0.4 is 0 Å². The summed E-state index contributed by atoms with van der Waals surface area (Å²) in [6.07, 6.45) is 0.227. The van der Waals surface area contributed by atoms with E-state index in [4.69, 9.17) is 23.2 Å². The Labute approximate surface area is 143 Å². The van der Waals surface area contributed by atoms with Crippen LogP contribution in [0.2, 0.25) is 10.0 Å². The summed E-state index contributed by atoms with van der Waals surface area (Å²) in [5.41, 5.74) is -0.0592. The number of hydrogen-bond acceptors (Lipinski definition) is 3. The zero-order valence-electron chi connectivity index (χ0n) is 12.3. The lowest BCUT2D eigenvalue weighted by Gasteiger charge is -2.31. The van der Waals surface area contributed by atoms with E-state index in [1.807, 2.05) is 0 Å². The third-order valence-electron chi connectivity index (χ3n) is 3.73. The number of carbonyl (C=O) groups is 1. The molecule has 0 spiro atoms. The SMILES string of the molecule is CC1=NN(C(=O)c2ccccc2Cl)[C@](O)(c2ccc(Cl)cc2)C1. The number of carbonyl (C=O) groups excluding carboxylic acids is 1. The van der Waals surface area contributed by atoms with Crippen molar-refractivity contribution in [2.75, 3.05) is 0 Å². The van der Waals surface area contributed by atoms with E-state index in [-0.39, 0.29) is 6.42 Å². The van der Waals surface area contributed by atoms with Crippen molar-refractivity contribution in [1.82, 2.24) is 5.01 Å². The largest absolute Gasteiger partial charge is 0.365 e. The quantitative estimate of drug-likeness (QED) is 0.889. The zero-order valence-corrected chi connectivity index (χ0v) is 13.8. The molecule has 2 aromatic carbocycles. The van der Waals surface area contributed by atoms with Crippen molar-refractivity contribution in [3.63, 3.8) is 0 Å². The van der Waals surface area contributed by atoms with Gasteiger partial charge in [0.1, 0.15) is 0 Å². The number of nitrogens with zero attached hydrogens (tertiary/aromatic N) is 2. The first-order valence-electron chi connectivity index (χ1n) is 7.03. The van der Waals surface area contributed by atoms with Gasteiger partial charge < -0.3 is 5.11 Å². The van der Waals surface area contributed by atoms with Crippen LogP contribution in [0.25, 0.3) is 0 Å². The zero-order chi connectivity index (χ0) is 16.6. The van der Waals surface area contributed by atoms with Crippen molar-refractivity contribution in [3.8, 4) is 0 Å². The van der Waals surface area contributed by atoms with Crippen LogP contribution >= 0.6 is 23.2 Å². The van der Waals surface area contributed by atoms with E-state index in [0.717, 1.165) is 5.01 Å². The lowest BCUT2D eigenvalue weighted by molar-refractivity contribution is -0.0765. The van der Waals surface area contributed by atoms with Crippen molar-refractivity contribution in [1.29, 1.82) is 0 Å². The van der Waals surface area contributed by atoms with Crippen molar-refractivity contribution >= 4 is 34.8 Å². The van der Waals surface area contributed by atoms with E-state index >= 15 is 0 Å². The number of rotatable bonds is 2. The molecule has 1 aliphatic rings. The van der Waals surface area contributed by atoms with E-state index in [2.05, 4.69) is 5.10 Å². The van der Waals surface area contributed by atoms with Gasteiger partial charge in [0, 0.05) is 22.7 Å². The summed E-state index contributed by atoms with van der Waals surface area (Å²) < 4.78 is 0. The van der Waals surface area contributed by atoms with Gasteiger partial charge in [0.15, 0.2) is 5.72 Å². The predicted molar refractivity (Wildman–Crippen MR) is 90.7 cm³/mol. The van der Waals surface area contributed by atoms with Crippen LogP contribution in [0.1, 0.15) is 29.3 Å². The lowest BCUT2D eigenvalue weighted by atomic mass is 9.97. The molecule has 1 heterocycles. The van der Waals surface area contributed by atoms with E-state index < -0.39 is 11.6 Å². The second kappa shape index (κ2) is 5.96. The van der Waals surface area contributed by atoms with Gasteiger partial charge >= 0.3 is 0 Å². The average molecular weight is 349 g/mol. The molecule has 2 aromatic rings. The molecule has 0 fully saturated rings. The first-order valence-corrected chi connectivity index (χ1v) is 7.79. The molecule has 118 valence electrons. The monoisotopic (exact) mass is 348 g/mol.